The zero-order valence-electron chi connectivity index (χ0n) is 22.5. The quantitative estimate of drug-likeness (QED) is 0.312. The molecular formula is C28H34F4N6OS. The summed E-state index contributed by atoms with van der Waals surface area (Å²) in [5, 5.41) is 0. The average Bonchev–Trinajstić information content (AvgIpc) is 3.34. The van der Waals surface area contributed by atoms with Crippen LogP contribution in [0.1, 0.15) is 38.3 Å². The van der Waals surface area contributed by atoms with Gasteiger partial charge in [0.05, 0.1) is 11.3 Å². The minimum absolute atomic E-state index is 0.0397. The topological polar surface area (TPSA) is 64.9 Å². The maximum absolute atomic E-state index is 14.2. The number of halogens is 4. The standard InChI is InChI=1S/C28H34F4N6OS/c1-3-21(2)24(29)12-8-10-22-20-25(35-27(34-22)38-16-6-7-19-40(38)39)36-14-9-15-37(18-17-36)26-23(28(30,31)32)11-4-5-13-33-26/h3-5,8,12-13,20H,1,6-7,9-11,14-19H2,2H3/b12-8-,24-21+. The first-order valence-electron chi connectivity index (χ1n) is 13.4. The van der Waals surface area contributed by atoms with Crippen LogP contribution in [0.5, 0.6) is 0 Å². The van der Waals surface area contributed by atoms with Crippen LogP contribution in [0.3, 0.4) is 0 Å². The molecule has 40 heavy (non-hydrogen) atoms. The van der Waals surface area contributed by atoms with Crippen molar-refractivity contribution in [3.8, 4) is 0 Å². The Kier molecular flexibility index (Phi) is 9.94. The van der Waals surface area contributed by atoms with Gasteiger partial charge in [0, 0.05) is 57.2 Å². The van der Waals surface area contributed by atoms with Gasteiger partial charge in [0.1, 0.15) is 28.5 Å². The molecule has 1 atom stereocenters. The number of aliphatic imine (C=N–C) groups is 1. The highest BCUT2D eigenvalue weighted by Gasteiger charge is 2.38. The van der Waals surface area contributed by atoms with E-state index < -0.39 is 28.6 Å². The lowest BCUT2D eigenvalue weighted by Gasteiger charge is -2.28. The Bertz CT molecular complexity index is 1270. The fourth-order valence-electron chi connectivity index (χ4n) is 4.65. The van der Waals surface area contributed by atoms with E-state index in [2.05, 4.69) is 16.6 Å². The third-order valence-corrected chi connectivity index (χ3v) is 8.37. The Morgan fingerprint density at radius 3 is 2.62 bits per heavy atom. The number of allylic oxidation sites excluding steroid dienone is 8. The van der Waals surface area contributed by atoms with Crippen LogP contribution in [0, 0.1) is 0 Å². The van der Waals surface area contributed by atoms with Crippen molar-refractivity contribution in [2.24, 2.45) is 4.99 Å². The van der Waals surface area contributed by atoms with Gasteiger partial charge < -0.3 is 9.80 Å². The van der Waals surface area contributed by atoms with E-state index in [0.29, 0.717) is 74.4 Å². The van der Waals surface area contributed by atoms with Crippen LogP contribution in [0.4, 0.5) is 29.3 Å². The van der Waals surface area contributed by atoms with Crippen LogP contribution >= 0.6 is 0 Å². The molecule has 0 aromatic carbocycles. The van der Waals surface area contributed by atoms with E-state index in [1.807, 2.05) is 11.0 Å². The second kappa shape index (κ2) is 13.4. The van der Waals surface area contributed by atoms with Crippen LogP contribution in [0.2, 0.25) is 0 Å². The number of nitrogens with zero attached hydrogens (tertiary/aromatic N) is 6. The Balaban J connectivity index is 1.60. The molecule has 216 valence electrons. The summed E-state index contributed by atoms with van der Waals surface area (Å²) in [6.07, 6.45) is 6.84. The molecule has 2 saturated heterocycles. The van der Waals surface area contributed by atoms with Crippen molar-refractivity contribution in [2.75, 3.05) is 47.7 Å². The molecule has 12 heteroatoms. The number of hydrogen-bond donors (Lipinski definition) is 0. The van der Waals surface area contributed by atoms with Gasteiger partial charge in [-0.05, 0) is 50.3 Å². The van der Waals surface area contributed by atoms with E-state index >= 15 is 0 Å². The van der Waals surface area contributed by atoms with E-state index in [9.17, 15) is 21.8 Å². The lowest BCUT2D eigenvalue weighted by molar-refractivity contribution is -0.0951. The Labute approximate surface area is 235 Å². The molecule has 3 aliphatic rings. The lowest BCUT2D eigenvalue weighted by Crippen LogP contribution is -2.36. The molecule has 0 bridgehead atoms. The summed E-state index contributed by atoms with van der Waals surface area (Å²) in [4.78, 5) is 17.2. The molecule has 0 spiro atoms. The fraction of sp³-hybridized carbons (Fsp3) is 0.464. The van der Waals surface area contributed by atoms with E-state index in [0.717, 1.165) is 12.8 Å². The summed E-state index contributed by atoms with van der Waals surface area (Å²) in [7, 11) is -1.25. The van der Waals surface area contributed by atoms with Gasteiger partial charge in [0.15, 0.2) is 0 Å². The molecule has 7 nitrogen and oxygen atoms in total. The third-order valence-electron chi connectivity index (χ3n) is 6.90. The number of rotatable bonds is 7. The largest absolute Gasteiger partial charge is 0.416 e. The minimum atomic E-state index is -4.47. The van der Waals surface area contributed by atoms with Crippen molar-refractivity contribution in [1.82, 2.24) is 14.9 Å². The summed E-state index contributed by atoms with van der Waals surface area (Å²) in [5.41, 5.74) is 0.408. The first kappa shape index (κ1) is 29.7. The van der Waals surface area contributed by atoms with Gasteiger partial charge >= 0.3 is 6.18 Å². The van der Waals surface area contributed by atoms with Crippen molar-refractivity contribution in [1.29, 1.82) is 0 Å². The molecule has 0 aliphatic carbocycles. The highest BCUT2D eigenvalue weighted by atomic mass is 32.2. The second-order valence-corrected chi connectivity index (χ2v) is 11.2. The van der Waals surface area contributed by atoms with Gasteiger partial charge in [-0.1, -0.05) is 24.8 Å². The van der Waals surface area contributed by atoms with Gasteiger partial charge in [0.25, 0.3) is 0 Å². The van der Waals surface area contributed by atoms with Crippen LogP contribution in [-0.4, -0.2) is 69.9 Å². The third kappa shape index (κ3) is 7.47. The number of aromatic nitrogens is 2. The van der Waals surface area contributed by atoms with Gasteiger partial charge in [-0.3, -0.25) is 4.31 Å². The van der Waals surface area contributed by atoms with Crippen molar-refractivity contribution in [3.05, 3.63) is 71.5 Å². The van der Waals surface area contributed by atoms with Crippen LogP contribution < -0.4 is 9.21 Å². The van der Waals surface area contributed by atoms with Gasteiger partial charge in [-0.15, -0.1) is 0 Å². The zero-order valence-corrected chi connectivity index (χ0v) is 23.4. The summed E-state index contributed by atoms with van der Waals surface area (Å²) in [6, 6.07) is 1.81. The summed E-state index contributed by atoms with van der Waals surface area (Å²) < 4.78 is 70.0. The van der Waals surface area contributed by atoms with Crippen molar-refractivity contribution >= 4 is 29.0 Å². The summed E-state index contributed by atoms with van der Waals surface area (Å²) >= 11 is 0. The Morgan fingerprint density at radius 2 is 1.88 bits per heavy atom. The summed E-state index contributed by atoms with van der Waals surface area (Å²) in [6.45, 7) is 7.51. The molecule has 1 aromatic heterocycles. The smallest absolute Gasteiger partial charge is 0.355 e. The molecule has 0 amide bonds. The molecule has 4 heterocycles. The number of anilines is 2. The Hall–Kier alpha value is -3.28. The molecule has 0 N–H and O–H groups in total. The first-order valence-corrected chi connectivity index (χ1v) is 14.6. The van der Waals surface area contributed by atoms with Crippen molar-refractivity contribution in [2.45, 2.75) is 45.2 Å². The zero-order chi connectivity index (χ0) is 28.7. The molecule has 2 fully saturated rings. The number of hydrogen-bond acceptors (Lipinski definition) is 6. The normalized spacial score (nSPS) is 21.5. The highest BCUT2D eigenvalue weighted by molar-refractivity contribution is 7.86. The van der Waals surface area contributed by atoms with Crippen LogP contribution in [-0.2, 0) is 17.4 Å². The fourth-order valence-corrected chi connectivity index (χ4v) is 5.91. The van der Waals surface area contributed by atoms with Gasteiger partial charge in [-0.25, -0.2) is 18.6 Å². The van der Waals surface area contributed by atoms with Crippen LogP contribution in [0.15, 0.2) is 70.8 Å². The molecule has 0 radical (unpaired) electrons. The Morgan fingerprint density at radius 1 is 1.10 bits per heavy atom. The van der Waals surface area contributed by atoms with E-state index in [-0.39, 0.29) is 12.2 Å². The molecule has 1 unspecified atom stereocenters. The van der Waals surface area contributed by atoms with Crippen molar-refractivity contribution < 1.29 is 21.8 Å². The van der Waals surface area contributed by atoms with E-state index in [1.165, 1.54) is 30.5 Å². The SMILES string of the molecule is C=C/C(C)=C(F)\C=C/Cc1cc(N2CCCN(C3=C(C(F)(F)F)CC=CC=N3)CC2)nc(N2CCCCS2=O)n1. The monoisotopic (exact) mass is 578 g/mol. The molecule has 1 aromatic rings. The predicted octanol–water partition coefficient (Wildman–Crippen LogP) is 5.59. The molecule has 0 saturated carbocycles. The second-order valence-electron chi connectivity index (χ2n) is 9.73. The van der Waals surface area contributed by atoms with Gasteiger partial charge in [-0.2, -0.15) is 18.2 Å². The molecule has 3 aliphatic heterocycles. The predicted molar refractivity (Wildman–Crippen MR) is 152 cm³/mol. The maximum atomic E-state index is 14.2. The van der Waals surface area contributed by atoms with E-state index in [4.69, 9.17) is 4.98 Å². The first-order chi connectivity index (χ1) is 19.2. The molecular weight excluding hydrogens is 544 g/mol. The average molecular weight is 579 g/mol. The van der Waals surface area contributed by atoms with Crippen molar-refractivity contribution in [3.63, 3.8) is 0 Å². The lowest BCUT2D eigenvalue weighted by atomic mass is 10.1. The highest BCUT2D eigenvalue weighted by Crippen LogP contribution is 2.34. The van der Waals surface area contributed by atoms with Crippen LogP contribution in [0.25, 0.3) is 0 Å². The number of alkyl halides is 3. The van der Waals surface area contributed by atoms with E-state index in [1.54, 1.807) is 22.2 Å². The minimum Gasteiger partial charge on any atom is -0.355 e. The maximum Gasteiger partial charge on any atom is 0.416 e. The summed E-state index contributed by atoms with van der Waals surface area (Å²) in [5.74, 6) is 1.05. The molecule has 4 rings (SSSR count). The van der Waals surface area contributed by atoms with Gasteiger partial charge in [0.2, 0.25) is 5.95 Å².